The summed E-state index contributed by atoms with van der Waals surface area (Å²) in [6.07, 6.45) is 0. The Morgan fingerprint density at radius 3 is 0.750 bits per heavy atom. The third-order valence-electron chi connectivity index (χ3n) is 0. The van der Waals surface area contributed by atoms with Crippen molar-refractivity contribution in [1.29, 1.82) is 0 Å². The van der Waals surface area contributed by atoms with Gasteiger partial charge in [0.2, 0.25) is 0 Å². The third-order valence-corrected chi connectivity index (χ3v) is 0. The molecule has 0 saturated carbocycles. The van der Waals surface area contributed by atoms with Crippen LogP contribution in [0.2, 0.25) is 0 Å². The van der Waals surface area contributed by atoms with Crippen molar-refractivity contribution < 1.29 is 17.1 Å². The molecule has 0 nitrogen and oxygen atoms in total. The molecule has 0 amide bonds. The Morgan fingerprint density at radius 2 is 0.750 bits per heavy atom. The number of rotatable bonds is 0. The van der Waals surface area contributed by atoms with Crippen LogP contribution in [0.15, 0.2) is 0 Å². The molecule has 0 aromatic rings. The van der Waals surface area contributed by atoms with E-state index in [2.05, 4.69) is 0 Å². The van der Waals surface area contributed by atoms with E-state index in [4.69, 9.17) is 0 Å². The van der Waals surface area contributed by atoms with Gasteiger partial charge in [-0.05, 0) is 0 Å². The first-order valence-electron chi connectivity index (χ1n) is 0. The second-order valence-electron chi connectivity index (χ2n) is 0. The predicted molar refractivity (Wildman–Crippen MR) is 17.3 cm³/mol. The molecule has 0 saturated heterocycles. The van der Waals surface area contributed by atoms with Crippen molar-refractivity contribution in [1.82, 2.24) is 0 Å². The molecule has 0 N–H and O–H groups in total. The summed E-state index contributed by atoms with van der Waals surface area (Å²) in [5.74, 6) is 0. The monoisotopic (exact) mass is 432 g/mol. The predicted octanol–water partition coefficient (Wildman–Crippen LogP) is -1.14. The van der Waals surface area contributed by atoms with Crippen LogP contribution in [0.3, 0.4) is 0 Å². The van der Waals surface area contributed by atoms with Crippen LogP contribution in [0.1, 0.15) is 0 Å². The van der Waals surface area contributed by atoms with Gasteiger partial charge in [0.1, 0.15) is 0 Å². The van der Waals surface area contributed by atoms with Crippen molar-refractivity contribution in [3.8, 4) is 0 Å². The molecule has 0 aromatic carbocycles. The van der Waals surface area contributed by atoms with Crippen LogP contribution in [0, 0.1) is 0 Å². The second kappa shape index (κ2) is 18.0. The first-order valence-corrected chi connectivity index (χ1v) is 0. The van der Waals surface area contributed by atoms with Crippen molar-refractivity contribution >= 4 is 60.3 Å². The molecule has 0 aliphatic rings. The van der Waals surface area contributed by atoms with Gasteiger partial charge in [-0.1, -0.05) is 0 Å². The Bertz CT molecular complexity index is 6.00. The maximum absolute atomic E-state index is 0. The van der Waals surface area contributed by atoms with Crippen molar-refractivity contribution in [2.75, 3.05) is 0 Å². The van der Waals surface area contributed by atoms with E-state index in [-0.39, 0.29) is 77.4 Å². The zero-order valence-electron chi connectivity index (χ0n) is 1.57. The minimum Gasteiger partial charge on any atom is 0 e. The van der Waals surface area contributed by atoms with E-state index < -0.39 is 0 Å². The molecule has 0 heterocycles. The van der Waals surface area contributed by atoms with E-state index in [1.165, 1.54) is 0 Å². The quantitative estimate of drug-likeness (QED) is 0.426. The number of hydrogen-bond acceptors (Lipinski definition) is 0. The summed E-state index contributed by atoms with van der Waals surface area (Å²) in [7, 11) is 0. The Morgan fingerprint density at radius 1 is 0.750 bits per heavy atom. The molecular formula is BiCuSe2. The van der Waals surface area contributed by atoms with Crippen LogP contribution in [0.25, 0.3) is 0 Å². The topological polar surface area (TPSA) is 0 Å². The van der Waals surface area contributed by atoms with Gasteiger partial charge in [0.15, 0.2) is 0 Å². The maximum Gasteiger partial charge on any atom is 0 e. The number of hydrogen-bond donors (Lipinski definition) is 0. The van der Waals surface area contributed by atoms with Crippen molar-refractivity contribution in [3.05, 3.63) is 0 Å². The molecule has 4 heavy (non-hydrogen) atoms. The summed E-state index contributed by atoms with van der Waals surface area (Å²) >= 11 is 0. The van der Waals surface area contributed by atoms with Gasteiger partial charge in [0, 0.05) is 77.4 Å². The molecular weight excluding hydrogens is 430 g/mol. The van der Waals surface area contributed by atoms with Crippen LogP contribution >= 0.6 is 0 Å². The normalized spacial score (nSPS) is 0. The first kappa shape index (κ1) is 32.0. The molecule has 0 rings (SSSR count). The summed E-state index contributed by atoms with van der Waals surface area (Å²) in [4.78, 5) is 0. The van der Waals surface area contributed by atoms with Gasteiger partial charge in [-0.2, -0.15) is 0 Å². The summed E-state index contributed by atoms with van der Waals surface area (Å²) in [6.45, 7) is 0. The van der Waals surface area contributed by atoms with Gasteiger partial charge in [0.25, 0.3) is 0 Å². The fraction of sp³-hybridized carbons (Fsp3) is 0. The van der Waals surface area contributed by atoms with Gasteiger partial charge >= 0.3 is 0 Å². The standard InChI is InChI=1S/Bi.Cu.2Se. The molecule has 0 fully saturated rings. The first-order chi connectivity index (χ1) is 0. The van der Waals surface area contributed by atoms with Gasteiger partial charge in [-0.25, -0.2) is 0 Å². The molecule has 0 bridgehead atoms. The molecule has 0 aliphatic heterocycles. The maximum atomic E-state index is 0. The van der Waals surface area contributed by atoms with Gasteiger partial charge in [0.05, 0.1) is 0 Å². The second-order valence-corrected chi connectivity index (χ2v) is 0. The average molecular weight is 430 g/mol. The SMILES string of the molecule is [Bi].[Cu].[Se].[Se]. The minimum atomic E-state index is 0. The van der Waals surface area contributed by atoms with E-state index in [0.717, 1.165) is 0 Å². The molecule has 0 spiro atoms. The van der Waals surface area contributed by atoms with Crippen LogP contribution in [-0.2, 0) is 17.1 Å². The molecule has 0 aliphatic carbocycles. The van der Waals surface area contributed by atoms with Crippen LogP contribution in [0.5, 0.6) is 0 Å². The van der Waals surface area contributed by atoms with E-state index >= 15 is 0 Å². The summed E-state index contributed by atoms with van der Waals surface area (Å²) < 4.78 is 0. The fourth-order valence-electron chi connectivity index (χ4n) is 0. The van der Waals surface area contributed by atoms with E-state index in [1.807, 2.05) is 0 Å². The van der Waals surface area contributed by atoms with Crippen LogP contribution < -0.4 is 0 Å². The Balaban J connectivity index is 0. The molecule has 8 radical (unpaired) electrons. The van der Waals surface area contributed by atoms with E-state index in [0.29, 0.717) is 0 Å². The van der Waals surface area contributed by atoms with E-state index in [9.17, 15) is 0 Å². The van der Waals surface area contributed by atoms with Gasteiger partial charge in [-0.15, -0.1) is 0 Å². The van der Waals surface area contributed by atoms with Crippen molar-refractivity contribution in [2.45, 2.75) is 0 Å². The largest absolute Gasteiger partial charge is 0 e. The van der Waals surface area contributed by atoms with Crippen LogP contribution in [0.4, 0.5) is 0 Å². The smallest absolute Gasteiger partial charge is 0 e. The Kier molecular flexibility index (Phi) is 144. The summed E-state index contributed by atoms with van der Waals surface area (Å²) in [5.41, 5.74) is 0. The minimum absolute atomic E-state index is 0. The molecule has 0 unspecified atom stereocenters. The molecule has 0 aromatic heterocycles. The third kappa shape index (κ3) is 8.82. The zero-order valence-corrected chi connectivity index (χ0v) is 9.41. The Labute approximate surface area is 76.4 Å². The summed E-state index contributed by atoms with van der Waals surface area (Å²) in [6, 6.07) is 0. The van der Waals surface area contributed by atoms with Crippen molar-refractivity contribution in [2.24, 2.45) is 0 Å². The van der Waals surface area contributed by atoms with Crippen molar-refractivity contribution in [3.63, 3.8) is 0 Å². The fourth-order valence-corrected chi connectivity index (χ4v) is 0. The van der Waals surface area contributed by atoms with Crippen LogP contribution in [-0.4, -0.2) is 60.3 Å². The molecule has 0 atom stereocenters. The molecule has 28 valence electrons. The molecule has 4 heteroatoms. The Hall–Kier alpha value is 2.44. The summed E-state index contributed by atoms with van der Waals surface area (Å²) in [5, 5.41) is 0. The average Bonchev–Trinajstić information content (AvgIpc) is 0. The van der Waals surface area contributed by atoms with E-state index in [1.54, 1.807) is 0 Å². The zero-order chi connectivity index (χ0) is 0. The van der Waals surface area contributed by atoms with Gasteiger partial charge < -0.3 is 0 Å². The van der Waals surface area contributed by atoms with Gasteiger partial charge in [-0.3, -0.25) is 0 Å².